The average Bonchev–Trinajstić information content (AvgIpc) is 3.92. The molecule has 0 amide bonds. The maximum atomic E-state index is 9.67. The first-order valence-corrected chi connectivity index (χ1v) is 16.8. The minimum Gasteiger partial charge on any atom is -0.456 e. The lowest BCUT2D eigenvalue weighted by Gasteiger charge is -2.26. The molecule has 11 aromatic rings. The second-order valence-electron chi connectivity index (χ2n) is 12.5. The quantitative estimate of drug-likeness (QED) is 0.180. The fourth-order valence-corrected chi connectivity index (χ4v) is 6.97. The van der Waals surface area contributed by atoms with Crippen LogP contribution in [0.2, 0.25) is 0 Å². The van der Waals surface area contributed by atoms with E-state index in [9.17, 15) is 12.3 Å². The Kier molecular flexibility index (Phi) is 4.07. The zero-order valence-corrected chi connectivity index (χ0v) is 27.5. The molecule has 11 rings (SSSR count). The van der Waals surface area contributed by atoms with Crippen molar-refractivity contribution in [2.45, 2.75) is 0 Å². The van der Waals surface area contributed by atoms with Crippen molar-refractivity contribution in [1.82, 2.24) is 0 Å². The molecule has 0 saturated carbocycles. The van der Waals surface area contributed by atoms with Crippen molar-refractivity contribution >= 4 is 82.5 Å². The summed E-state index contributed by atoms with van der Waals surface area (Å²) in [4.78, 5) is 1.15. The second kappa shape index (κ2) is 11.7. The summed E-state index contributed by atoms with van der Waals surface area (Å²) < 4.78 is 150. The number of benzene rings is 9. The molecule has 0 saturated heterocycles. The van der Waals surface area contributed by atoms with E-state index in [0.717, 1.165) is 26.4 Å². The van der Waals surface area contributed by atoms with E-state index in [1.54, 1.807) is 36.4 Å². The van der Waals surface area contributed by atoms with Gasteiger partial charge < -0.3 is 13.7 Å². The van der Waals surface area contributed by atoms with Gasteiger partial charge in [0.15, 0.2) is 0 Å². The Labute approximate surface area is 326 Å². The molecule has 0 N–H and O–H groups in total. The predicted octanol–water partition coefficient (Wildman–Crippen LogP) is 14.6. The molecule has 9 aromatic carbocycles. The van der Waals surface area contributed by atoms with Gasteiger partial charge in [0.25, 0.3) is 0 Å². The molecule has 2 aromatic heterocycles. The summed E-state index contributed by atoms with van der Waals surface area (Å²) in [6.07, 6.45) is 0. The van der Waals surface area contributed by atoms with E-state index in [1.165, 1.54) is 0 Å². The molecule has 0 fully saturated rings. The summed E-state index contributed by atoms with van der Waals surface area (Å²) in [5, 5.41) is 3.35. The van der Waals surface area contributed by atoms with Gasteiger partial charge in [0.2, 0.25) is 0 Å². The van der Waals surface area contributed by atoms with Crippen LogP contribution in [0.3, 0.4) is 0 Å². The minimum absolute atomic E-state index is 0.0641. The third kappa shape index (κ3) is 4.82. The van der Waals surface area contributed by atoms with Gasteiger partial charge in [0.05, 0.1) is 31.6 Å². The highest BCUT2D eigenvalue weighted by atomic mass is 16.3. The SMILES string of the molecule is [2H]c1c([2H])c(N(c2c([2H])c([2H])c(-c3c([2H])c([2H])c4c([2H])c([2H])c([2H])c([2H])c4c3[2H])c([2H])c2[2H])c2cccc3oc4c5ccccc5ccc4c23)c([2H])c([2H])c1-c1ccc2c(c1)oc1ccccc12. The van der Waals surface area contributed by atoms with Crippen molar-refractivity contribution in [2.24, 2.45) is 0 Å². The van der Waals surface area contributed by atoms with E-state index in [2.05, 4.69) is 0 Å². The van der Waals surface area contributed by atoms with Gasteiger partial charge in [-0.2, -0.15) is 0 Å². The van der Waals surface area contributed by atoms with Gasteiger partial charge in [-0.25, -0.2) is 0 Å². The number of para-hydroxylation sites is 1. The third-order valence-electron chi connectivity index (χ3n) is 9.44. The molecular weight excluding hydrogens is 647 g/mol. The Hall–Kier alpha value is -7.10. The normalized spacial score (nSPS) is 15.7. The van der Waals surface area contributed by atoms with Crippen LogP contribution in [0.15, 0.2) is 197 Å². The molecule has 0 unspecified atom stereocenters. The molecule has 2 heterocycles. The van der Waals surface area contributed by atoms with E-state index in [-0.39, 0.29) is 11.3 Å². The van der Waals surface area contributed by atoms with Gasteiger partial charge in [-0.3, -0.25) is 0 Å². The van der Waals surface area contributed by atoms with Crippen LogP contribution in [0.1, 0.15) is 20.6 Å². The van der Waals surface area contributed by atoms with Crippen molar-refractivity contribution in [2.75, 3.05) is 4.90 Å². The molecule has 0 aliphatic heterocycles. The van der Waals surface area contributed by atoms with Gasteiger partial charge in [-0.05, 0) is 105 Å². The van der Waals surface area contributed by atoms with E-state index >= 15 is 0 Å². The first kappa shape index (κ1) is 18.4. The first-order chi connectivity index (χ1) is 32.5. The lowest BCUT2D eigenvalue weighted by Crippen LogP contribution is -2.10. The van der Waals surface area contributed by atoms with E-state index in [0.29, 0.717) is 38.7 Å². The number of anilines is 3. The number of nitrogens with zero attached hydrogens (tertiary/aromatic N) is 1. The fraction of sp³-hybridized carbons (Fsp3) is 0. The molecule has 0 bridgehead atoms. The number of furan rings is 2. The number of rotatable bonds is 5. The van der Waals surface area contributed by atoms with Crippen LogP contribution in [0, 0.1) is 0 Å². The summed E-state index contributed by atoms with van der Waals surface area (Å²) >= 11 is 0. The van der Waals surface area contributed by atoms with Crippen molar-refractivity contribution < 1.29 is 29.4 Å². The van der Waals surface area contributed by atoms with Crippen LogP contribution in [0.25, 0.3) is 87.7 Å². The van der Waals surface area contributed by atoms with Crippen LogP contribution in [-0.2, 0) is 0 Å². The Balaban J connectivity index is 1.22. The van der Waals surface area contributed by atoms with Crippen molar-refractivity contribution in [3.63, 3.8) is 0 Å². The summed E-state index contributed by atoms with van der Waals surface area (Å²) in [6, 6.07) is 18.4. The number of hydrogen-bond acceptors (Lipinski definition) is 3. The Morgan fingerprint density at radius 2 is 1.08 bits per heavy atom. The topological polar surface area (TPSA) is 29.5 Å². The highest BCUT2D eigenvalue weighted by Crippen LogP contribution is 2.45. The molecule has 0 atom stereocenters. The van der Waals surface area contributed by atoms with Crippen LogP contribution in [0.4, 0.5) is 17.1 Å². The monoisotopic (exact) mass is 692 g/mol. The van der Waals surface area contributed by atoms with Gasteiger partial charge in [-0.1, -0.05) is 121 Å². The maximum absolute atomic E-state index is 9.67. The lowest BCUT2D eigenvalue weighted by atomic mass is 10.00. The van der Waals surface area contributed by atoms with Crippen molar-refractivity contribution in [3.8, 4) is 22.3 Å². The highest BCUT2D eigenvalue weighted by Gasteiger charge is 2.21. The van der Waals surface area contributed by atoms with Crippen LogP contribution >= 0.6 is 0 Å². The summed E-state index contributed by atoms with van der Waals surface area (Å²) in [6.45, 7) is 0. The number of fused-ring (bicyclic) bond motifs is 9. The minimum atomic E-state index is -0.811. The molecule has 0 aliphatic carbocycles. The summed E-state index contributed by atoms with van der Waals surface area (Å²) in [7, 11) is 0. The average molecular weight is 693 g/mol. The van der Waals surface area contributed by atoms with E-state index in [1.807, 2.05) is 60.7 Å². The Morgan fingerprint density at radius 1 is 0.415 bits per heavy atom. The molecule has 3 nitrogen and oxygen atoms in total. The van der Waals surface area contributed by atoms with Gasteiger partial charge in [0, 0.05) is 32.9 Å². The molecule has 53 heavy (non-hydrogen) atoms. The molecular formula is C50H31NO2. The maximum Gasteiger partial charge on any atom is 0.143 e. The van der Waals surface area contributed by atoms with Gasteiger partial charge in [0.1, 0.15) is 22.3 Å². The zero-order valence-electron chi connectivity index (χ0n) is 42.5. The van der Waals surface area contributed by atoms with Crippen molar-refractivity contribution in [1.29, 1.82) is 0 Å². The van der Waals surface area contributed by atoms with E-state index in [4.69, 9.17) is 17.1 Å². The Bertz CT molecular complexity index is 4010. The molecule has 0 aliphatic rings. The standard InChI is InChI=1S/C50H31NO2/c1-2-10-36-30-37(17-16-32(36)8-1)33-18-24-39(25-19-33)51(45-13-7-15-47-49(45)44-29-22-35-9-3-4-11-41(35)50(44)53-47)40-26-20-34(21-27-40)38-23-28-43-42-12-5-6-14-46(42)52-48(43)31-38/h1-31H/i1D,2D,8D,10D,16D,17D,18D,19D,20D,21D,24D,25D,26D,27D,30D. The third-order valence-corrected chi connectivity index (χ3v) is 9.44. The molecule has 248 valence electrons. The smallest absolute Gasteiger partial charge is 0.143 e. The van der Waals surface area contributed by atoms with Crippen LogP contribution in [-0.4, -0.2) is 0 Å². The number of hydrogen-bond donors (Lipinski definition) is 0. The molecule has 0 spiro atoms. The molecule has 0 radical (unpaired) electrons. The van der Waals surface area contributed by atoms with Crippen LogP contribution in [0.5, 0.6) is 0 Å². The fourth-order valence-electron chi connectivity index (χ4n) is 6.97. The molecule has 3 heteroatoms. The largest absolute Gasteiger partial charge is 0.456 e. The Morgan fingerprint density at radius 3 is 1.91 bits per heavy atom. The van der Waals surface area contributed by atoms with Gasteiger partial charge in [-0.15, -0.1) is 0 Å². The predicted molar refractivity (Wildman–Crippen MR) is 222 cm³/mol. The van der Waals surface area contributed by atoms with E-state index < -0.39 is 124 Å². The lowest BCUT2D eigenvalue weighted by molar-refractivity contribution is 0.669. The summed E-state index contributed by atoms with van der Waals surface area (Å²) in [5.41, 5.74) is 0.114. The zero-order chi connectivity index (χ0) is 47.9. The first-order valence-electron chi connectivity index (χ1n) is 24.3. The van der Waals surface area contributed by atoms with Crippen molar-refractivity contribution in [3.05, 3.63) is 188 Å². The summed E-state index contributed by atoms with van der Waals surface area (Å²) in [5.74, 6) is 0. The van der Waals surface area contributed by atoms with Crippen LogP contribution < -0.4 is 4.90 Å². The highest BCUT2D eigenvalue weighted by molar-refractivity contribution is 6.19. The second-order valence-corrected chi connectivity index (χ2v) is 12.5. The van der Waals surface area contributed by atoms with Gasteiger partial charge >= 0.3 is 0 Å².